The fourth-order valence-corrected chi connectivity index (χ4v) is 0. The Bertz CT molecular complexity index is 53.3. The van der Waals surface area contributed by atoms with Crippen LogP contribution >= 0.6 is 0 Å². The fraction of sp³-hybridized carbons (Fsp3) is 0. The molecule has 0 aliphatic carbocycles. The maximum Gasteiger partial charge on any atom is 2.00 e. The average Bonchev–Trinajstić information content (AvgIpc) is 0.811. The second-order valence-corrected chi connectivity index (χ2v) is 0.848. The molecule has 0 spiro atoms. The third-order valence-electron chi connectivity index (χ3n) is 0. The van der Waals surface area contributed by atoms with Crippen LogP contribution in [0.25, 0.3) is 0 Å². The quantitative estimate of drug-likeness (QED) is 0.394. The molecule has 0 heterocycles. The fourth-order valence-electron chi connectivity index (χ4n) is 0. The van der Waals surface area contributed by atoms with E-state index in [2.05, 4.69) is 0 Å². The summed E-state index contributed by atoms with van der Waals surface area (Å²) in [5, 5.41) is 0. The van der Waals surface area contributed by atoms with Gasteiger partial charge < -0.3 is 15.3 Å². The SMILES string of the molecule is O=[Si](O)O.[AlH3].[Ca+2].[H-].[H-].[H-].[H-].[K+].[Na+]. The molecule has 0 aliphatic heterocycles. The molecule has 0 bridgehead atoms. The van der Waals surface area contributed by atoms with Crippen molar-refractivity contribution >= 4 is 64.3 Å². The van der Waals surface area contributed by atoms with Gasteiger partial charge in [0.2, 0.25) is 0 Å². The first-order chi connectivity index (χ1) is 1.73. The molecular weight excluding hydrogens is 205 g/mol. The Balaban J connectivity index is -0.00000000161. The van der Waals surface area contributed by atoms with E-state index in [1.165, 1.54) is 0 Å². The smallest absolute Gasteiger partial charge is 1.00 e. The van der Waals surface area contributed by atoms with Crippen molar-refractivity contribution in [3.05, 3.63) is 0 Å². The summed E-state index contributed by atoms with van der Waals surface area (Å²) in [6.45, 7) is 0. The van der Waals surface area contributed by atoms with Gasteiger partial charge in [-0.25, -0.2) is 0 Å². The second kappa shape index (κ2) is 22.5. The molecule has 8 heteroatoms. The van der Waals surface area contributed by atoms with E-state index in [-0.39, 0.29) is 142 Å². The topological polar surface area (TPSA) is 57.5 Å². The zero-order chi connectivity index (χ0) is 3.58. The van der Waals surface area contributed by atoms with Crippen LogP contribution in [0, 0.1) is 0 Å². The van der Waals surface area contributed by atoms with E-state index in [0.29, 0.717) is 0 Å². The summed E-state index contributed by atoms with van der Waals surface area (Å²) in [6.07, 6.45) is 0. The maximum absolute atomic E-state index is 8.74. The van der Waals surface area contributed by atoms with Gasteiger partial charge in [-0.05, 0) is 0 Å². The van der Waals surface area contributed by atoms with Crippen molar-refractivity contribution < 1.29 is 101 Å². The van der Waals surface area contributed by atoms with Crippen LogP contribution < -0.4 is 80.9 Å². The monoisotopic (exact) mass is 214 g/mol. The second-order valence-electron chi connectivity index (χ2n) is 0.283. The predicted molar refractivity (Wildman–Crippen MR) is 31.0 cm³/mol. The molecule has 3 nitrogen and oxygen atoms in total. The Morgan fingerprint density at radius 1 is 1.38 bits per heavy atom. The zero-order valence-corrected chi connectivity index (χ0v) is 12.8. The van der Waals surface area contributed by atoms with Crippen LogP contribution in [0.2, 0.25) is 0 Å². The third kappa shape index (κ3) is 50.2. The summed E-state index contributed by atoms with van der Waals surface area (Å²) in [6, 6.07) is 0. The Morgan fingerprint density at radius 3 is 1.38 bits per heavy atom. The Kier molecular flexibility index (Phi) is 83.1. The van der Waals surface area contributed by atoms with Gasteiger partial charge in [0.05, 0.1) is 0 Å². The molecule has 2 N–H and O–H groups in total. The number of hydrogen-bond acceptors (Lipinski definition) is 1. The molecule has 0 saturated heterocycles. The normalized spacial score (nSPS) is 3.00. The first-order valence-electron chi connectivity index (χ1n) is 0.651. The molecule has 8 heavy (non-hydrogen) atoms. The minimum absolute atomic E-state index is 0. The molecule has 38 valence electrons. The first kappa shape index (κ1) is 29.6. The van der Waals surface area contributed by atoms with Crippen molar-refractivity contribution in [1.29, 1.82) is 0 Å². The van der Waals surface area contributed by atoms with E-state index in [9.17, 15) is 0 Å². The maximum atomic E-state index is 8.74. The summed E-state index contributed by atoms with van der Waals surface area (Å²) in [4.78, 5) is 14.3. The molecular formula is H9AlCaKNaO3Si. The summed E-state index contributed by atoms with van der Waals surface area (Å²) in [7, 11) is -3.13. The van der Waals surface area contributed by atoms with Gasteiger partial charge in [0.1, 0.15) is 0 Å². The molecule has 0 aromatic rings. The number of rotatable bonds is 0. The van der Waals surface area contributed by atoms with Gasteiger partial charge >= 0.3 is 128 Å². The standard InChI is InChI=1S/Al.Ca.K.Na.H2O3Si.7H/c;;;;1-4(2)3;;;;;;;/h;;;;1-2H;;;;;;;/q;+2;2*+1;;;;;4*-1. The van der Waals surface area contributed by atoms with Gasteiger partial charge in [0.15, 0.2) is 17.4 Å². The zero-order valence-electron chi connectivity index (χ0n) is 8.51. The summed E-state index contributed by atoms with van der Waals surface area (Å²) in [5.74, 6) is 0. The summed E-state index contributed by atoms with van der Waals surface area (Å²) in [5.41, 5.74) is 0. The van der Waals surface area contributed by atoms with Crippen molar-refractivity contribution in [1.82, 2.24) is 0 Å². The van der Waals surface area contributed by atoms with Crippen LogP contribution in [-0.2, 0) is 4.46 Å². The molecule has 0 aromatic carbocycles. The molecule has 0 atom stereocenters. The molecule has 0 saturated carbocycles. The van der Waals surface area contributed by atoms with Gasteiger partial charge in [0.25, 0.3) is 0 Å². The third-order valence-corrected chi connectivity index (χ3v) is 0. The van der Waals surface area contributed by atoms with E-state index in [1.807, 2.05) is 0 Å². The van der Waals surface area contributed by atoms with Crippen LogP contribution in [-0.4, -0.2) is 73.9 Å². The molecule has 0 radical (unpaired) electrons. The van der Waals surface area contributed by atoms with Crippen LogP contribution in [0.5, 0.6) is 0 Å². The molecule has 0 rings (SSSR count). The van der Waals surface area contributed by atoms with Crippen molar-refractivity contribution in [2.75, 3.05) is 0 Å². The van der Waals surface area contributed by atoms with Crippen molar-refractivity contribution in [3.8, 4) is 0 Å². The van der Waals surface area contributed by atoms with Gasteiger partial charge in [0, 0.05) is 0 Å². The van der Waals surface area contributed by atoms with Crippen molar-refractivity contribution in [3.63, 3.8) is 0 Å². The van der Waals surface area contributed by atoms with Crippen molar-refractivity contribution in [2.24, 2.45) is 0 Å². The summed E-state index contributed by atoms with van der Waals surface area (Å²) >= 11 is 0. The molecule has 0 fully saturated rings. The van der Waals surface area contributed by atoms with Crippen LogP contribution in [0.15, 0.2) is 0 Å². The van der Waals surface area contributed by atoms with Crippen LogP contribution in [0.3, 0.4) is 0 Å². The van der Waals surface area contributed by atoms with E-state index >= 15 is 0 Å². The van der Waals surface area contributed by atoms with Crippen LogP contribution in [0.1, 0.15) is 5.71 Å². The molecule has 0 aromatic heterocycles. The van der Waals surface area contributed by atoms with Gasteiger partial charge in [-0.15, -0.1) is 0 Å². The minimum Gasteiger partial charge on any atom is -1.00 e. The van der Waals surface area contributed by atoms with E-state index in [1.54, 1.807) is 0 Å². The first-order valence-corrected chi connectivity index (χ1v) is 1.95. The molecule has 0 aliphatic rings. The van der Waals surface area contributed by atoms with Gasteiger partial charge in [-0.1, -0.05) is 0 Å². The molecule has 0 amide bonds. The molecule has 0 unspecified atom stereocenters. The predicted octanol–water partition coefficient (Wildman–Crippen LogP) is -8.72. The van der Waals surface area contributed by atoms with Crippen LogP contribution in [0.4, 0.5) is 0 Å². The Hall–Kier alpha value is 4.05. The minimum atomic E-state index is -3.13. The van der Waals surface area contributed by atoms with E-state index in [0.717, 1.165) is 0 Å². The van der Waals surface area contributed by atoms with E-state index < -0.39 is 9.17 Å². The Labute approximate surface area is 161 Å². The van der Waals surface area contributed by atoms with Crippen molar-refractivity contribution in [2.45, 2.75) is 0 Å². The summed E-state index contributed by atoms with van der Waals surface area (Å²) < 4.78 is 8.74. The average molecular weight is 214 g/mol. The largest absolute Gasteiger partial charge is 2.00 e. The number of hydrogen-bond donors (Lipinski definition) is 2. The van der Waals surface area contributed by atoms with E-state index in [4.69, 9.17) is 14.1 Å². The van der Waals surface area contributed by atoms with Gasteiger partial charge in [-0.2, -0.15) is 0 Å². The van der Waals surface area contributed by atoms with Gasteiger partial charge in [-0.3, -0.25) is 4.46 Å². The Morgan fingerprint density at radius 2 is 1.38 bits per heavy atom.